The number of fused-ring (bicyclic) bond motifs is 1. The lowest BCUT2D eigenvalue weighted by Gasteiger charge is -2.16. The van der Waals surface area contributed by atoms with Crippen LogP contribution in [0.1, 0.15) is 50.0 Å². The van der Waals surface area contributed by atoms with Gasteiger partial charge in [-0.05, 0) is 62.4 Å². The van der Waals surface area contributed by atoms with E-state index >= 15 is 0 Å². The first-order chi connectivity index (χ1) is 11.6. The van der Waals surface area contributed by atoms with Crippen molar-refractivity contribution in [2.45, 2.75) is 45.6 Å². The minimum absolute atomic E-state index is 0.0950. The van der Waals surface area contributed by atoms with Crippen molar-refractivity contribution < 1.29 is 9.90 Å². The number of amides is 1. The van der Waals surface area contributed by atoms with Crippen molar-refractivity contribution in [3.05, 3.63) is 53.3 Å². The molecule has 2 aromatic rings. The number of allylic oxidation sites excluding steroid dienone is 3. The monoisotopic (exact) mass is 324 g/mol. The number of aromatic hydroxyl groups is 1. The molecule has 4 nitrogen and oxygen atoms in total. The van der Waals surface area contributed by atoms with Crippen LogP contribution in [0.4, 0.5) is 0 Å². The largest absolute Gasteiger partial charge is 0.508 e. The fourth-order valence-electron chi connectivity index (χ4n) is 3.32. The van der Waals surface area contributed by atoms with Crippen LogP contribution in [0.5, 0.6) is 5.75 Å². The lowest BCUT2D eigenvalue weighted by atomic mass is 10.0. The number of phenols is 1. The fraction of sp³-hybridized carbons (Fsp3) is 0.350. The predicted octanol–water partition coefficient (Wildman–Crippen LogP) is 4.44. The first kappa shape index (κ1) is 16.4. The SMILES string of the molecule is CC/C=C\CC1=C(C)CCC1NC(=O)c1cc2cc(O)ccc2[nH]1. The van der Waals surface area contributed by atoms with E-state index in [1.54, 1.807) is 24.3 Å². The maximum Gasteiger partial charge on any atom is 0.268 e. The van der Waals surface area contributed by atoms with Crippen LogP contribution in [0, 0.1) is 0 Å². The molecular weight excluding hydrogens is 300 g/mol. The molecule has 3 N–H and O–H groups in total. The van der Waals surface area contributed by atoms with E-state index in [2.05, 4.69) is 36.3 Å². The highest BCUT2D eigenvalue weighted by Gasteiger charge is 2.24. The van der Waals surface area contributed by atoms with Gasteiger partial charge in [-0.25, -0.2) is 0 Å². The molecule has 24 heavy (non-hydrogen) atoms. The van der Waals surface area contributed by atoms with Crippen molar-refractivity contribution in [2.24, 2.45) is 0 Å². The smallest absolute Gasteiger partial charge is 0.268 e. The zero-order valence-electron chi connectivity index (χ0n) is 14.2. The molecule has 0 fully saturated rings. The number of nitrogens with one attached hydrogen (secondary N) is 2. The average Bonchev–Trinajstić information content (AvgIpc) is 3.12. The summed E-state index contributed by atoms with van der Waals surface area (Å²) in [6.07, 6.45) is 8.31. The lowest BCUT2D eigenvalue weighted by Crippen LogP contribution is -2.34. The molecule has 0 spiro atoms. The second kappa shape index (κ2) is 6.95. The van der Waals surface area contributed by atoms with Gasteiger partial charge in [-0.2, -0.15) is 0 Å². The molecule has 0 saturated heterocycles. The Morgan fingerprint density at radius 3 is 3.00 bits per heavy atom. The zero-order valence-corrected chi connectivity index (χ0v) is 14.2. The summed E-state index contributed by atoms with van der Waals surface area (Å²) in [4.78, 5) is 15.7. The molecular formula is C20H24N2O2. The van der Waals surface area contributed by atoms with Crippen LogP contribution in [0.3, 0.4) is 0 Å². The second-order valence-corrected chi connectivity index (χ2v) is 6.41. The standard InChI is InChI=1S/C20H24N2O2/c1-3-4-5-6-16-13(2)7-9-18(16)22-20(24)19-12-14-11-15(23)8-10-17(14)21-19/h4-5,8,10-12,18,21,23H,3,6-7,9H2,1-2H3,(H,22,24)/b5-4-. The second-order valence-electron chi connectivity index (χ2n) is 6.41. The van der Waals surface area contributed by atoms with Crippen LogP contribution >= 0.6 is 0 Å². The van der Waals surface area contributed by atoms with Crippen molar-refractivity contribution in [3.8, 4) is 5.75 Å². The third-order valence-electron chi connectivity index (χ3n) is 4.67. The number of H-pyrrole nitrogens is 1. The molecule has 1 aliphatic rings. The van der Waals surface area contributed by atoms with Crippen molar-refractivity contribution in [1.82, 2.24) is 10.3 Å². The summed E-state index contributed by atoms with van der Waals surface area (Å²) in [5, 5.41) is 13.5. The number of aromatic amines is 1. The summed E-state index contributed by atoms with van der Waals surface area (Å²) in [6.45, 7) is 4.28. The van der Waals surface area contributed by atoms with E-state index in [0.717, 1.165) is 36.6 Å². The van der Waals surface area contributed by atoms with Gasteiger partial charge in [0.15, 0.2) is 0 Å². The highest BCUT2D eigenvalue weighted by molar-refractivity contribution is 5.98. The summed E-state index contributed by atoms with van der Waals surface area (Å²) in [7, 11) is 0. The van der Waals surface area contributed by atoms with Crippen molar-refractivity contribution >= 4 is 16.8 Å². The lowest BCUT2D eigenvalue weighted by molar-refractivity contribution is 0.0938. The molecule has 1 unspecified atom stereocenters. The number of hydrogen-bond acceptors (Lipinski definition) is 2. The van der Waals surface area contributed by atoms with Crippen LogP contribution in [-0.4, -0.2) is 22.0 Å². The van der Waals surface area contributed by atoms with Gasteiger partial charge >= 0.3 is 0 Å². The highest BCUT2D eigenvalue weighted by Crippen LogP contribution is 2.29. The molecule has 0 aliphatic heterocycles. The van der Waals surface area contributed by atoms with Crippen LogP contribution in [0.25, 0.3) is 10.9 Å². The molecule has 0 bridgehead atoms. The summed E-state index contributed by atoms with van der Waals surface area (Å²) < 4.78 is 0. The Labute approximate surface area is 142 Å². The van der Waals surface area contributed by atoms with Crippen LogP contribution in [-0.2, 0) is 0 Å². The van der Waals surface area contributed by atoms with Gasteiger partial charge in [0, 0.05) is 10.9 Å². The Morgan fingerprint density at radius 1 is 1.38 bits per heavy atom. The molecule has 1 heterocycles. The Bertz CT molecular complexity index is 814. The first-order valence-corrected chi connectivity index (χ1v) is 8.54. The van der Waals surface area contributed by atoms with Gasteiger partial charge in [0.1, 0.15) is 11.4 Å². The maximum atomic E-state index is 12.6. The number of benzene rings is 1. The minimum atomic E-state index is -0.0950. The number of phenolic OH excluding ortho intramolecular Hbond substituents is 1. The van der Waals surface area contributed by atoms with E-state index in [9.17, 15) is 9.90 Å². The summed E-state index contributed by atoms with van der Waals surface area (Å²) in [5.74, 6) is 0.107. The molecule has 0 radical (unpaired) electrons. The molecule has 0 saturated carbocycles. The number of rotatable bonds is 5. The Hall–Kier alpha value is -2.49. The molecule has 1 atom stereocenters. The minimum Gasteiger partial charge on any atom is -0.508 e. The van der Waals surface area contributed by atoms with E-state index in [4.69, 9.17) is 0 Å². The molecule has 126 valence electrons. The highest BCUT2D eigenvalue weighted by atomic mass is 16.3. The third kappa shape index (κ3) is 3.37. The van der Waals surface area contributed by atoms with Crippen molar-refractivity contribution in [2.75, 3.05) is 0 Å². The van der Waals surface area contributed by atoms with E-state index in [1.165, 1.54) is 11.1 Å². The van der Waals surface area contributed by atoms with Gasteiger partial charge in [-0.1, -0.05) is 24.6 Å². The first-order valence-electron chi connectivity index (χ1n) is 8.54. The summed E-state index contributed by atoms with van der Waals surface area (Å²) in [5.41, 5.74) is 4.11. The van der Waals surface area contributed by atoms with E-state index in [-0.39, 0.29) is 17.7 Å². The van der Waals surface area contributed by atoms with Gasteiger partial charge in [0.05, 0.1) is 6.04 Å². The Balaban J connectivity index is 1.74. The molecule has 1 aromatic carbocycles. The van der Waals surface area contributed by atoms with Crippen LogP contribution in [0.15, 0.2) is 47.6 Å². The quantitative estimate of drug-likeness (QED) is 0.712. The van der Waals surface area contributed by atoms with Gasteiger partial charge in [0.2, 0.25) is 0 Å². The summed E-state index contributed by atoms with van der Waals surface area (Å²) in [6, 6.07) is 6.94. The third-order valence-corrected chi connectivity index (χ3v) is 4.67. The van der Waals surface area contributed by atoms with Gasteiger partial charge < -0.3 is 15.4 Å². The van der Waals surface area contributed by atoms with E-state index in [0.29, 0.717) is 5.69 Å². The molecule has 1 aromatic heterocycles. The zero-order chi connectivity index (χ0) is 17.1. The predicted molar refractivity (Wildman–Crippen MR) is 97.2 cm³/mol. The fourth-order valence-corrected chi connectivity index (χ4v) is 3.32. The maximum absolute atomic E-state index is 12.6. The summed E-state index contributed by atoms with van der Waals surface area (Å²) >= 11 is 0. The molecule has 4 heteroatoms. The number of carbonyl (C=O) groups is 1. The molecule has 3 rings (SSSR count). The molecule has 1 amide bonds. The number of aromatic nitrogens is 1. The number of carbonyl (C=O) groups excluding carboxylic acids is 1. The van der Waals surface area contributed by atoms with Gasteiger partial charge in [0.25, 0.3) is 5.91 Å². The molecule has 1 aliphatic carbocycles. The van der Waals surface area contributed by atoms with Crippen molar-refractivity contribution in [3.63, 3.8) is 0 Å². The number of hydrogen-bond donors (Lipinski definition) is 3. The Morgan fingerprint density at radius 2 is 2.21 bits per heavy atom. The Kier molecular flexibility index (Phi) is 4.74. The van der Waals surface area contributed by atoms with E-state index in [1.807, 2.05) is 0 Å². The van der Waals surface area contributed by atoms with Gasteiger partial charge in [-0.3, -0.25) is 4.79 Å². The van der Waals surface area contributed by atoms with Crippen LogP contribution in [0.2, 0.25) is 0 Å². The average molecular weight is 324 g/mol. The topological polar surface area (TPSA) is 65.1 Å². The normalized spacial score (nSPS) is 18.0. The van der Waals surface area contributed by atoms with Crippen LogP contribution < -0.4 is 5.32 Å². The van der Waals surface area contributed by atoms with Crippen molar-refractivity contribution in [1.29, 1.82) is 0 Å². The van der Waals surface area contributed by atoms with E-state index < -0.39 is 0 Å². The van der Waals surface area contributed by atoms with Gasteiger partial charge in [-0.15, -0.1) is 0 Å².